The van der Waals surface area contributed by atoms with Crippen LogP contribution in [0, 0.1) is 12.8 Å². The first-order valence-corrected chi connectivity index (χ1v) is 7.90. The zero-order valence-electron chi connectivity index (χ0n) is 12.0. The second-order valence-corrected chi connectivity index (χ2v) is 6.33. The predicted octanol–water partition coefficient (Wildman–Crippen LogP) is 2.99. The van der Waals surface area contributed by atoms with Gasteiger partial charge in [-0.25, -0.2) is 4.79 Å². The highest BCUT2D eigenvalue weighted by Gasteiger charge is 2.25. The number of fused-ring (bicyclic) bond motifs is 1. The van der Waals surface area contributed by atoms with Crippen molar-refractivity contribution in [1.82, 2.24) is 9.55 Å². The number of nitrogens with one attached hydrogen (secondary N) is 1. The molecule has 0 aromatic carbocycles. The van der Waals surface area contributed by atoms with Crippen LogP contribution in [0.2, 0.25) is 0 Å². The van der Waals surface area contributed by atoms with Crippen molar-refractivity contribution in [1.29, 1.82) is 0 Å². The van der Waals surface area contributed by atoms with Gasteiger partial charge in [-0.15, -0.1) is 0 Å². The number of aryl methyl sites for hydroxylation is 1. The van der Waals surface area contributed by atoms with Gasteiger partial charge in [-0.1, -0.05) is 0 Å². The maximum absolute atomic E-state index is 12.5. The largest absolute Gasteiger partial charge is 0.462 e. The SMILES string of the molecule is CCOC(=O)c1c(C)[nH]c2c(=O)n(CC3CC3)cc(Br)c12. The number of hydrogen-bond donors (Lipinski definition) is 1. The van der Waals surface area contributed by atoms with E-state index in [1.807, 2.05) is 0 Å². The summed E-state index contributed by atoms with van der Waals surface area (Å²) in [5, 5.41) is 0.614. The highest BCUT2D eigenvalue weighted by atomic mass is 79.9. The van der Waals surface area contributed by atoms with Crippen molar-refractivity contribution in [3.05, 3.63) is 32.3 Å². The highest BCUT2D eigenvalue weighted by Crippen LogP contribution is 2.32. The topological polar surface area (TPSA) is 64.1 Å². The number of aromatic nitrogens is 2. The van der Waals surface area contributed by atoms with Crippen molar-refractivity contribution in [3.63, 3.8) is 0 Å². The minimum absolute atomic E-state index is 0.0845. The predicted molar refractivity (Wildman–Crippen MR) is 83.7 cm³/mol. The fourth-order valence-electron chi connectivity index (χ4n) is 2.60. The fourth-order valence-corrected chi connectivity index (χ4v) is 3.24. The van der Waals surface area contributed by atoms with Crippen molar-refractivity contribution < 1.29 is 9.53 Å². The summed E-state index contributed by atoms with van der Waals surface area (Å²) in [5.41, 5.74) is 1.48. The molecule has 6 heteroatoms. The lowest BCUT2D eigenvalue weighted by Gasteiger charge is -2.07. The van der Waals surface area contributed by atoms with Crippen LogP contribution in [0.3, 0.4) is 0 Å². The molecular weight excluding hydrogens is 336 g/mol. The van der Waals surface area contributed by atoms with E-state index in [0.717, 1.165) is 11.0 Å². The fraction of sp³-hybridized carbons (Fsp3) is 0.467. The molecule has 0 atom stereocenters. The smallest absolute Gasteiger partial charge is 0.340 e. The number of hydrogen-bond acceptors (Lipinski definition) is 3. The third kappa shape index (κ3) is 2.52. The minimum Gasteiger partial charge on any atom is -0.462 e. The van der Waals surface area contributed by atoms with E-state index >= 15 is 0 Å². The van der Waals surface area contributed by atoms with Gasteiger partial charge in [-0.05, 0) is 48.5 Å². The van der Waals surface area contributed by atoms with Crippen LogP contribution in [0.5, 0.6) is 0 Å². The van der Waals surface area contributed by atoms with E-state index in [2.05, 4.69) is 20.9 Å². The van der Waals surface area contributed by atoms with Crippen LogP contribution >= 0.6 is 15.9 Å². The van der Waals surface area contributed by atoms with Gasteiger partial charge in [0.05, 0.1) is 12.2 Å². The van der Waals surface area contributed by atoms with E-state index < -0.39 is 5.97 Å². The van der Waals surface area contributed by atoms with Crippen LogP contribution in [0.1, 0.15) is 35.8 Å². The number of ether oxygens (including phenoxy) is 1. The van der Waals surface area contributed by atoms with E-state index in [1.54, 1.807) is 24.6 Å². The molecule has 2 heterocycles. The first kappa shape index (κ1) is 14.4. The number of carbonyl (C=O) groups is 1. The van der Waals surface area contributed by atoms with Crippen LogP contribution in [0.4, 0.5) is 0 Å². The van der Waals surface area contributed by atoms with Gasteiger partial charge in [0.1, 0.15) is 5.52 Å². The third-order valence-electron chi connectivity index (χ3n) is 3.80. The molecule has 0 spiro atoms. The van der Waals surface area contributed by atoms with E-state index in [9.17, 15) is 9.59 Å². The first-order chi connectivity index (χ1) is 10.0. The van der Waals surface area contributed by atoms with Gasteiger partial charge in [-0.2, -0.15) is 0 Å². The molecule has 1 fully saturated rings. The number of nitrogens with zero attached hydrogens (tertiary/aromatic N) is 1. The Morgan fingerprint density at radius 2 is 2.24 bits per heavy atom. The van der Waals surface area contributed by atoms with Crippen molar-refractivity contribution in [2.45, 2.75) is 33.2 Å². The quantitative estimate of drug-likeness (QED) is 0.860. The Labute approximate surface area is 130 Å². The van der Waals surface area contributed by atoms with Crippen LogP contribution in [0.15, 0.2) is 15.5 Å². The van der Waals surface area contributed by atoms with Gasteiger partial charge in [0, 0.05) is 28.3 Å². The molecule has 1 saturated carbocycles. The number of rotatable bonds is 4. The Morgan fingerprint density at radius 1 is 1.52 bits per heavy atom. The molecule has 0 radical (unpaired) electrons. The Bertz CT molecular complexity index is 771. The number of halogens is 1. The molecule has 2 aromatic rings. The monoisotopic (exact) mass is 352 g/mol. The summed E-state index contributed by atoms with van der Waals surface area (Å²) in [6.07, 6.45) is 4.14. The molecule has 1 N–H and O–H groups in total. The van der Waals surface area contributed by atoms with Crippen LogP contribution in [-0.2, 0) is 11.3 Å². The molecule has 5 nitrogen and oxygen atoms in total. The maximum atomic E-state index is 12.5. The number of carbonyl (C=O) groups excluding carboxylic acids is 1. The zero-order valence-corrected chi connectivity index (χ0v) is 13.6. The van der Waals surface area contributed by atoms with E-state index in [4.69, 9.17) is 4.74 Å². The molecule has 112 valence electrons. The zero-order chi connectivity index (χ0) is 15.1. The van der Waals surface area contributed by atoms with E-state index in [1.165, 1.54) is 12.8 Å². The third-order valence-corrected chi connectivity index (χ3v) is 4.40. The summed E-state index contributed by atoms with van der Waals surface area (Å²) in [6.45, 7) is 4.59. The molecular formula is C15H17BrN2O3. The summed E-state index contributed by atoms with van der Waals surface area (Å²) in [4.78, 5) is 27.7. The second kappa shape index (κ2) is 5.33. The molecule has 0 amide bonds. The number of pyridine rings is 1. The molecule has 21 heavy (non-hydrogen) atoms. The summed E-state index contributed by atoms with van der Waals surface area (Å²) >= 11 is 3.49. The average Bonchev–Trinajstić information content (AvgIpc) is 3.16. The lowest BCUT2D eigenvalue weighted by atomic mass is 10.1. The number of H-pyrrole nitrogens is 1. The van der Waals surface area contributed by atoms with Gasteiger partial charge in [0.2, 0.25) is 0 Å². The van der Waals surface area contributed by atoms with Crippen molar-refractivity contribution >= 4 is 32.8 Å². The average molecular weight is 353 g/mol. The molecule has 0 saturated heterocycles. The van der Waals surface area contributed by atoms with Gasteiger partial charge in [0.15, 0.2) is 0 Å². The van der Waals surface area contributed by atoms with Crippen molar-refractivity contribution in [3.8, 4) is 0 Å². The lowest BCUT2D eigenvalue weighted by Crippen LogP contribution is -2.21. The summed E-state index contributed by atoms with van der Waals surface area (Å²) in [7, 11) is 0. The first-order valence-electron chi connectivity index (χ1n) is 7.11. The highest BCUT2D eigenvalue weighted by molar-refractivity contribution is 9.10. The van der Waals surface area contributed by atoms with E-state index in [0.29, 0.717) is 34.7 Å². The Balaban J connectivity index is 2.18. The molecule has 1 aliphatic rings. The van der Waals surface area contributed by atoms with Gasteiger partial charge < -0.3 is 14.3 Å². The van der Waals surface area contributed by atoms with Crippen LogP contribution < -0.4 is 5.56 Å². The van der Waals surface area contributed by atoms with Crippen molar-refractivity contribution in [2.75, 3.05) is 6.61 Å². The van der Waals surface area contributed by atoms with E-state index in [-0.39, 0.29) is 5.56 Å². The molecule has 0 bridgehead atoms. The standard InChI is InChI=1S/C15H17BrN2O3/c1-3-21-15(20)11-8(2)17-13-12(11)10(16)7-18(14(13)19)6-9-4-5-9/h7,9,17H,3-6H2,1-2H3. The maximum Gasteiger partial charge on any atom is 0.340 e. The summed E-state index contributed by atoms with van der Waals surface area (Å²) < 4.78 is 7.54. The van der Waals surface area contributed by atoms with Gasteiger partial charge in [0.25, 0.3) is 5.56 Å². The Hall–Kier alpha value is -1.56. The minimum atomic E-state index is -0.402. The molecule has 0 aliphatic heterocycles. The Morgan fingerprint density at radius 3 is 2.86 bits per heavy atom. The Kier molecular flexibility index (Phi) is 3.65. The van der Waals surface area contributed by atoms with Crippen molar-refractivity contribution in [2.24, 2.45) is 5.92 Å². The van der Waals surface area contributed by atoms with Gasteiger partial charge in [-0.3, -0.25) is 4.79 Å². The van der Waals surface area contributed by atoms with Crippen LogP contribution in [-0.4, -0.2) is 22.1 Å². The summed E-state index contributed by atoms with van der Waals surface area (Å²) in [5.74, 6) is 0.203. The molecule has 3 rings (SSSR count). The lowest BCUT2D eigenvalue weighted by molar-refractivity contribution is 0.0528. The number of esters is 1. The normalized spacial score (nSPS) is 14.6. The molecule has 2 aromatic heterocycles. The molecule has 0 unspecified atom stereocenters. The second-order valence-electron chi connectivity index (χ2n) is 5.47. The van der Waals surface area contributed by atoms with Gasteiger partial charge >= 0.3 is 5.97 Å². The number of aromatic amines is 1. The van der Waals surface area contributed by atoms with Crippen LogP contribution in [0.25, 0.3) is 10.9 Å². The summed E-state index contributed by atoms with van der Waals surface area (Å²) in [6, 6.07) is 0. The molecule has 1 aliphatic carbocycles.